The van der Waals surface area contributed by atoms with E-state index in [1.54, 1.807) is 11.3 Å². The third-order valence-electron chi connectivity index (χ3n) is 2.49. The Morgan fingerprint density at radius 3 is 2.60 bits per heavy atom. The van der Waals surface area contributed by atoms with E-state index in [4.69, 9.17) is 5.11 Å². The highest BCUT2D eigenvalue weighted by molar-refractivity contribution is 7.15. The van der Waals surface area contributed by atoms with Crippen LogP contribution >= 0.6 is 11.3 Å². The van der Waals surface area contributed by atoms with Gasteiger partial charge in [0.2, 0.25) is 0 Å². The van der Waals surface area contributed by atoms with Crippen LogP contribution in [-0.4, -0.2) is 5.11 Å². The smallest absolute Gasteiger partial charge is 0.0692 e. The molecule has 1 N–H and O–H groups in total. The van der Waals surface area contributed by atoms with Gasteiger partial charge in [-0.2, -0.15) is 0 Å². The lowest BCUT2D eigenvalue weighted by atomic mass is 10.1. The third-order valence-corrected chi connectivity index (χ3v) is 3.64. The number of aliphatic hydroxyl groups excluding tert-OH is 1. The van der Waals surface area contributed by atoms with Crippen LogP contribution in [0, 0.1) is 13.8 Å². The van der Waals surface area contributed by atoms with Gasteiger partial charge in [-0.15, -0.1) is 11.3 Å². The number of rotatable bonds is 2. The minimum atomic E-state index is 0.133. The van der Waals surface area contributed by atoms with Crippen LogP contribution in [0.25, 0.3) is 10.4 Å². The average Bonchev–Trinajstić information content (AvgIpc) is 2.60. The summed E-state index contributed by atoms with van der Waals surface area (Å²) in [6, 6.07) is 10.5. The molecule has 0 saturated carbocycles. The van der Waals surface area contributed by atoms with Gasteiger partial charge in [-0.25, -0.2) is 0 Å². The van der Waals surface area contributed by atoms with Crippen molar-refractivity contribution in [3.05, 3.63) is 46.3 Å². The summed E-state index contributed by atoms with van der Waals surface area (Å²) in [4.78, 5) is 2.44. The quantitative estimate of drug-likeness (QED) is 0.817. The van der Waals surface area contributed by atoms with E-state index in [0.717, 1.165) is 5.56 Å². The monoisotopic (exact) mass is 218 g/mol. The topological polar surface area (TPSA) is 20.2 Å². The fraction of sp³-hybridized carbons (Fsp3) is 0.231. The Morgan fingerprint density at radius 2 is 2.00 bits per heavy atom. The standard InChI is InChI=1S/C13H14OS/c1-9-4-3-5-11(6-9)13-7-12(8-14)10(2)15-13/h3-7,14H,8H2,1-2H3. The van der Waals surface area contributed by atoms with Crippen molar-refractivity contribution in [2.75, 3.05) is 0 Å². The average molecular weight is 218 g/mol. The fourth-order valence-electron chi connectivity index (χ4n) is 1.62. The second kappa shape index (κ2) is 4.17. The number of thiophene rings is 1. The SMILES string of the molecule is Cc1cccc(-c2cc(CO)c(C)s2)c1. The number of hydrogen-bond donors (Lipinski definition) is 1. The van der Waals surface area contributed by atoms with Crippen molar-refractivity contribution in [3.63, 3.8) is 0 Å². The van der Waals surface area contributed by atoms with Gasteiger partial charge in [0.25, 0.3) is 0 Å². The van der Waals surface area contributed by atoms with Crippen LogP contribution in [0.1, 0.15) is 16.0 Å². The molecule has 1 aromatic carbocycles. The van der Waals surface area contributed by atoms with Crippen LogP contribution < -0.4 is 0 Å². The summed E-state index contributed by atoms with van der Waals surface area (Å²) in [5, 5.41) is 9.14. The molecule has 1 heterocycles. The van der Waals surface area contributed by atoms with Crippen molar-refractivity contribution in [1.82, 2.24) is 0 Å². The molecule has 0 radical (unpaired) electrons. The Bertz CT molecular complexity index is 471. The summed E-state index contributed by atoms with van der Waals surface area (Å²) in [6.45, 7) is 4.28. The second-order valence-corrected chi connectivity index (χ2v) is 4.98. The first-order valence-electron chi connectivity index (χ1n) is 4.98. The van der Waals surface area contributed by atoms with Crippen molar-refractivity contribution in [1.29, 1.82) is 0 Å². The van der Waals surface area contributed by atoms with Gasteiger partial charge in [-0.1, -0.05) is 29.8 Å². The molecular weight excluding hydrogens is 204 g/mol. The summed E-state index contributed by atoms with van der Waals surface area (Å²) in [5.74, 6) is 0. The molecule has 0 aliphatic carbocycles. The van der Waals surface area contributed by atoms with E-state index < -0.39 is 0 Å². The lowest BCUT2D eigenvalue weighted by molar-refractivity contribution is 0.281. The Labute approximate surface area is 94.0 Å². The molecule has 0 atom stereocenters. The minimum absolute atomic E-state index is 0.133. The second-order valence-electron chi connectivity index (χ2n) is 3.72. The highest BCUT2D eigenvalue weighted by Crippen LogP contribution is 2.31. The Balaban J connectivity index is 2.45. The molecule has 78 valence electrons. The number of aryl methyl sites for hydroxylation is 2. The largest absolute Gasteiger partial charge is 0.392 e. The van der Waals surface area contributed by atoms with E-state index in [9.17, 15) is 0 Å². The Kier molecular flexibility index (Phi) is 2.89. The fourth-order valence-corrected chi connectivity index (χ4v) is 2.65. The van der Waals surface area contributed by atoms with E-state index in [0.29, 0.717) is 0 Å². The molecule has 0 amide bonds. The van der Waals surface area contributed by atoms with Gasteiger partial charge in [0.15, 0.2) is 0 Å². The van der Waals surface area contributed by atoms with Crippen LogP contribution in [-0.2, 0) is 6.61 Å². The van der Waals surface area contributed by atoms with E-state index >= 15 is 0 Å². The normalized spacial score (nSPS) is 10.6. The number of aliphatic hydroxyl groups is 1. The van der Waals surface area contributed by atoms with E-state index in [2.05, 4.69) is 44.2 Å². The summed E-state index contributed by atoms with van der Waals surface area (Å²) in [5.41, 5.74) is 3.54. The van der Waals surface area contributed by atoms with Crippen LogP contribution in [0.4, 0.5) is 0 Å². The Morgan fingerprint density at radius 1 is 1.20 bits per heavy atom. The molecule has 15 heavy (non-hydrogen) atoms. The van der Waals surface area contributed by atoms with Crippen LogP contribution in [0.2, 0.25) is 0 Å². The molecule has 0 spiro atoms. The lowest BCUT2D eigenvalue weighted by Crippen LogP contribution is -1.79. The molecule has 1 nitrogen and oxygen atoms in total. The molecule has 0 fully saturated rings. The Hall–Kier alpha value is -1.12. The summed E-state index contributed by atoms with van der Waals surface area (Å²) >= 11 is 1.74. The van der Waals surface area contributed by atoms with Gasteiger partial charge in [-0.05, 0) is 31.0 Å². The molecule has 1 aromatic heterocycles. The van der Waals surface area contributed by atoms with E-state index in [-0.39, 0.29) is 6.61 Å². The molecule has 2 rings (SSSR count). The number of benzene rings is 1. The first-order valence-corrected chi connectivity index (χ1v) is 5.79. The summed E-state index contributed by atoms with van der Waals surface area (Å²) in [7, 11) is 0. The maximum absolute atomic E-state index is 9.14. The van der Waals surface area contributed by atoms with Crippen LogP contribution in [0.15, 0.2) is 30.3 Å². The van der Waals surface area contributed by atoms with Crippen molar-refractivity contribution >= 4 is 11.3 Å². The highest BCUT2D eigenvalue weighted by atomic mass is 32.1. The first-order chi connectivity index (χ1) is 7.20. The maximum Gasteiger partial charge on any atom is 0.0692 e. The first kappa shape index (κ1) is 10.4. The molecule has 0 bridgehead atoms. The van der Waals surface area contributed by atoms with E-state index in [1.165, 1.54) is 20.9 Å². The van der Waals surface area contributed by atoms with Crippen molar-refractivity contribution < 1.29 is 5.11 Å². The minimum Gasteiger partial charge on any atom is -0.392 e. The zero-order chi connectivity index (χ0) is 10.8. The van der Waals surface area contributed by atoms with Gasteiger partial charge >= 0.3 is 0 Å². The molecule has 2 heteroatoms. The summed E-state index contributed by atoms with van der Waals surface area (Å²) < 4.78 is 0. The molecule has 0 aliphatic heterocycles. The zero-order valence-electron chi connectivity index (χ0n) is 8.95. The zero-order valence-corrected chi connectivity index (χ0v) is 9.77. The molecular formula is C13H14OS. The lowest BCUT2D eigenvalue weighted by Gasteiger charge is -1.98. The predicted molar refractivity (Wildman–Crippen MR) is 65.2 cm³/mol. The summed E-state index contributed by atoms with van der Waals surface area (Å²) in [6.07, 6.45) is 0. The molecule has 0 unspecified atom stereocenters. The third kappa shape index (κ3) is 2.11. The van der Waals surface area contributed by atoms with Gasteiger partial charge in [-0.3, -0.25) is 0 Å². The van der Waals surface area contributed by atoms with Gasteiger partial charge in [0.05, 0.1) is 6.61 Å². The number of hydrogen-bond acceptors (Lipinski definition) is 2. The van der Waals surface area contributed by atoms with Gasteiger partial charge in [0, 0.05) is 9.75 Å². The van der Waals surface area contributed by atoms with Crippen LogP contribution in [0.5, 0.6) is 0 Å². The van der Waals surface area contributed by atoms with Crippen LogP contribution in [0.3, 0.4) is 0 Å². The van der Waals surface area contributed by atoms with Gasteiger partial charge < -0.3 is 5.11 Å². The molecule has 2 aromatic rings. The van der Waals surface area contributed by atoms with Crippen molar-refractivity contribution in [3.8, 4) is 10.4 Å². The maximum atomic E-state index is 9.14. The molecule has 0 aliphatic rings. The van der Waals surface area contributed by atoms with Crippen molar-refractivity contribution in [2.45, 2.75) is 20.5 Å². The van der Waals surface area contributed by atoms with E-state index in [1.807, 2.05) is 0 Å². The predicted octanol–water partition coefficient (Wildman–Crippen LogP) is 3.52. The van der Waals surface area contributed by atoms with Gasteiger partial charge in [0.1, 0.15) is 0 Å². The molecule has 0 saturated heterocycles. The van der Waals surface area contributed by atoms with Crippen molar-refractivity contribution in [2.24, 2.45) is 0 Å². The highest BCUT2D eigenvalue weighted by Gasteiger charge is 2.06.